The maximum Gasteiger partial charge on any atom is 0.362 e. The van der Waals surface area contributed by atoms with E-state index in [-0.39, 0.29) is 11.7 Å². The van der Waals surface area contributed by atoms with Crippen molar-refractivity contribution < 1.29 is 9.21 Å². The van der Waals surface area contributed by atoms with Crippen molar-refractivity contribution in [1.82, 2.24) is 5.32 Å². The van der Waals surface area contributed by atoms with Crippen molar-refractivity contribution in [2.24, 2.45) is 0 Å². The van der Waals surface area contributed by atoms with Crippen LogP contribution in [0.4, 0.5) is 16.2 Å². The Kier molecular flexibility index (Phi) is 5.81. The smallest absolute Gasteiger partial charge is 0.362 e. The Bertz CT molecular complexity index is 825. The number of amides is 2. The molecule has 140 valence electrons. The van der Waals surface area contributed by atoms with Crippen LogP contribution in [0.5, 0.6) is 0 Å². The van der Waals surface area contributed by atoms with Gasteiger partial charge in [-0.2, -0.15) is 0 Å². The number of carbonyl (C=O) groups excluding carboxylic acids is 1. The molecule has 3 rings (SSSR count). The van der Waals surface area contributed by atoms with Gasteiger partial charge >= 0.3 is 11.7 Å². The molecule has 1 aromatic carbocycles. The molecule has 6 nitrogen and oxygen atoms in total. The van der Waals surface area contributed by atoms with Crippen LogP contribution >= 0.6 is 0 Å². The summed E-state index contributed by atoms with van der Waals surface area (Å²) in [5, 5.41) is 9.84. The lowest BCUT2D eigenvalue weighted by molar-refractivity contribution is 0.249. The summed E-state index contributed by atoms with van der Waals surface area (Å²) >= 11 is 0. The average molecular weight is 357 g/mol. The number of carbonyl (C=O) groups is 1. The van der Waals surface area contributed by atoms with E-state index in [1.165, 1.54) is 19.3 Å². The van der Waals surface area contributed by atoms with Gasteiger partial charge in [-0.05, 0) is 38.3 Å². The molecule has 1 aliphatic rings. The van der Waals surface area contributed by atoms with Gasteiger partial charge < -0.3 is 15.1 Å². The molecule has 0 radical (unpaired) electrons. The molecular formula is C20H27N3O3. The highest BCUT2D eigenvalue weighted by Gasteiger charge is 2.21. The van der Waals surface area contributed by atoms with Gasteiger partial charge in [-0.3, -0.25) is 5.32 Å². The van der Waals surface area contributed by atoms with Crippen molar-refractivity contribution in [2.45, 2.75) is 64.5 Å². The summed E-state index contributed by atoms with van der Waals surface area (Å²) < 4.78 is 5.42. The minimum atomic E-state index is -0.540. The van der Waals surface area contributed by atoms with E-state index in [0.29, 0.717) is 17.3 Å². The first kappa shape index (κ1) is 18.3. The molecule has 2 aromatic rings. The molecule has 1 heterocycles. The van der Waals surface area contributed by atoms with Gasteiger partial charge in [-0.1, -0.05) is 38.3 Å². The zero-order valence-corrected chi connectivity index (χ0v) is 15.4. The summed E-state index contributed by atoms with van der Waals surface area (Å²) in [5.41, 5.74) is 0.808. The van der Waals surface area contributed by atoms with Crippen molar-refractivity contribution in [3.63, 3.8) is 0 Å². The molecule has 0 bridgehead atoms. The number of nitrogens with one attached hydrogen (secondary N) is 3. The molecule has 26 heavy (non-hydrogen) atoms. The lowest BCUT2D eigenvalue weighted by Crippen LogP contribution is -2.37. The standard InChI is InChI=1S/C20H27N3O3/c1-3-13(2)21-20(25)23-18-17(22-14-9-5-4-6-10-14)15-11-7-8-12-16(15)26-19(18)24/h7-8,11-14,22H,3-6,9-10H2,1-2H3,(H2,21,23,25)/t13-/m0/s1. The number of anilines is 2. The fraction of sp³-hybridized carbons (Fsp3) is 0.500. The molecule has 6 heteroatoms. The maximum atomic E-state index is 12.5. The van der Waals surface area contributed by atoms with Crippen LogP contribution in [-0.2, 0) is 0 Å². The largest absolute Gasteiger partial charge is 0.421 e. The second-order valence-electron chi connectivity index (χ2n) is 7.02. The van der Waals surface area contributed by atoms with Crippen molar-refractivity contribution in [1.29, 1.82) is 0 Å². The van der Waals surface area contributed by atoms with Gasteiger partial charge in [0.05, 0.1) is 5.69 Å². The van der Waals surface area contributed by atoms with Crippen LogP contribution in [0, 0.1) is 0 Å². The van der Waals surface area contributed by atoms with E-state index in [2.05, 4.69) is 16.0 Å². The normalized spacial score (nSPS) is 16.2. The highest BCUT2D eigenvalue weighted by Crippen LogP contribution is 2.31. The van der Waals surface area contributed by atoms with Crippen LogP contribution < -0.4 is 21.6 Å². The van der Waals surface area contributed by atoms with E-state index in [4.69, 9.17) is 4.42 Å². The van der Waals surface area contributed by atoms with Gasteiger partial charge in [0, 0.05) is 17.5 Å². The summed E-state index contributed by atoms with van der Waals surface area (Å²) in [5.74, 6) is 0. The topological polar surface area (TPSA) is 83.4 Å². The van der Waals surface area contributed by atoms with Crippen molar-refractivity contribution in [3.8, 4) is 0 Å². The molecule has 2 amide bonds. The van der Waals surface area contributed by atoms with Crippen LogP contribution in [0.2, 0.25) is 0 Å². The van der Waals surface area contributed by atoms with Crippen LogP contribution in [0.1, 0.15) is 52.4 Å². The van der Waals surface area contributed by atoms with E-state index in [1.54, 1.807) is 6.07 Å². The average Bonchev–Trinajstić information content (AvgIpc) is 2.65. The number of hydrogen-bond donors (Lipinski definition) is 3. The Balaban J connectivity index is 1.97. The van der Waals surface area contributed by atoms with Crippen LogP contribution in [-0.4, -0.2) is 18.1 Å². The molecule has 1 saturated carbocycles. The first-order valence-electron chi connectivity index (χ1n) is 9.48. The van der Waals surface area contributed by atoms with Gasteiger partial charge in [0.2, 0.25) is 0 Å². The third-order valence-electron chi connectivity index (χ3n) is 5.00. The second-order valence-corrected chi connectivity index (χ2v) is 7.02. The molecule has 0 spiro atoms. The quantitative estimate of drug-likeness (QED) is 0.690. The fourth-order valence-corrected chi connectivity index (χ4v) is 3.34. The third-order valence-corrected chi connectivity index (χ3v) is 5.00. The van der Waals surface area contributed by atoms with Gasteiger partial charge in [0.15, 0.2) is 5.69 Å². The molecule has 0 unspecified atom stereocenters. The van der Waals surface area contributed by atoms with Crippen LogP contribution in [0.15, 0.2) is 33.5 Å². The fourth-order valence-electron chi connectivity index (χ4n) is 3.34. The number of urea groups is 1. The molecule has 0 saturated heterocycles. The van der Waals surface area contributed by atoms with Crippen molar-refractivity contribution >= 4 is 28.4 Å². The molecule has 1 atom stereocenters. The summed E-state index contributed by atoms with van der Waals surface area (Å²) in [4.78, 5) is 24.8. The first-order valence-corrected chi connectivity index (χ1v) is 9.48. The predicted octanol–water partition coefficient (Wildman–Crippen LogP) is 4.46. The lowest BCUT2D eigenvalue weighted by atomic mass is 9.95. The van der Waals surface area contributed by atoms with E-state index in [1.807, 2.05) is 32.0 Å². The monoisotopic (exact) mass is 357 g/mol. The summed E-state index contributed by atoms with van der Waals surface area (Å²) in [6, 6.07) is 7.33. The Labute approximate surface area is 153 Å². The first-order chi connectivity index (χ1) is 12.6. The molecule has 1 aliphatic carbocycles. The highest BCUT2D eigenvalue weighted by atomic mass is 16.4. The van der Waals surface area contributed by atoms with E-state index >= 15 is 0 Å². The van der Waals surface area contributed by atoms with Gasteiger partial charge in [-0.25, -0.2) is 9.59 Å². The van der Waals surface area contributed by atoms with Crippen LogP contribution in [0.25, 0.3) is 11.0 Å². The molecule has 3 N–H and O–H groups in total. The maximum absolute atomic E-state index is 12.5. The number of rotatable bonds is 5. The molecule has 1 aromatic heterocycles. The highest BCUT2D eigenvalue weighted by molar-refractivity contribution is 6.01. The Hall–Kier alpha value is -2.50. The van der Waals surface area contributed by atoms with Crippen LogP contribution in [0.3, 0.4) is 0 Å². The number of para-hydroxylation sites is 1. The predicted molar refractivity (Wildman–Crippen MR) is 105 cm³/mol. The molecule has 0 aliphatic heterocycles. The number of hydrogen-bond acceptors (Lipinski definition) is 4. The number of benzene rings is 1. The van der Waals surface area contributed by atoms with Crippen molar-refractivity contribution in [2.75, 3.05) is 10.6 Å². The van der Waals surface area contributed by atoms with E-state index in [9.17, 15) is 9.59 Å². The second kappa shape index (κ2) is 8.25. The summed E-state index contributed by atoms with van der Waals surface area (Å²) in [6.07, 6.45) is 6.54. The summed E-state index contributed by atoms with van der Waals surface area (Å²) in [7, 11) is 0. The summed E-state index contributed by atoms with van der Waals surface area (Å²) in [6.45, 7) is 3.91. The Morgan fingerprint density at radius 1 is 1.19 bits per heavy atom. The number of fused-ring (bicyclic) bond motifs is 1. The molecule has 1 fully saturated rings. The zero-order valence-electron chi connectivity index (χ0n) is 15.4. The van der Waals surface area contributed by atoms with Crippen molar-refractivity contribution in [3.05, 3.63) is 34.7 Å². The van der Waals surface area contributed by atoms with Gasteiger partial charge in [0.25, 0.3) is 0 Å². The zero-order chi connectivity index (χ0) is 18.5. The molecular weight excluding hydrogens is 330 g/mol. The third kappa shape index (κ3) is 4.18. The minimum absolute atomic E-state index is 0.0252. The lowest BCUT2D eigenvalue weighted by Gasteiger charge is -2.25. The minimum Gasteiger partial charge on any atom is -0.421 e. The van der Waals surface area contributed by atoms with E-state index < -0.39 is 11.7 Å². The van der Waals surface area contributed by atoms with Gasteiger partial charge in [-0.15, -0.1) is 0 Å². The Morgan fingerprint density at radius 2 is 1.92 bits per heavy atom. The SMILES string of the molecule is CC[C@H](C)NC(=O)Nc1c(NC2CCCCC2)c2ccccc2oc1=O. The Morgan fingerprint density at radius 3 is 2.65 bits per heavy atom. The van der Waals surface area contributed by atoms with Gasteiger partial charge in [0.1, 0.15) is 5.58 Å². The van der Waals surface area contributed by atoms with E-state index in [0.717, 1.165) is 24.6 Å².